The molecule has 0 saturated carbocycles. The van der Waals surface area contributed by atoms with Gasteiger partial charge in [0.2, 0.25) is 0 Å². The van der Waals surface area contributed by atoms with E-state index in [1.165, 1.54) is 0 Å². The average Bonchev–Trinajstić information content (AvgIpc) is 3.01. The number of thiazole rings is 1. The predicted octanol–water partition coefficient (Wildman–Crippen LogP) is 3.14. The van der Waals surface area contributed by atoms with Crippen molar-refractivity contribution in [3.8, 4) is 0 Å². The minimum absolute atomic E-state index is 0.0123. The quantitative estimate of drug-likeness (QED) is 0.943. The maximum absolute atomic E-state index is 6.42. The van der Waals surface area contributed by atoms with Gasteiger partial charge in [0.05, 0.1) is 10.7 Å². The second-order valence-electron chi connectivity index (χ2n) is 5.29. The number of rotatable bonds is 3. The highest BCUT2D eigenvalue weighted by atomic mass is 35.5. The maximum Gasteiger partial charge on any atom is 0.185 e. The Morgan fingerprint density at radius 3 is 2.52 bits per heavy atom. The lowest BCUT2D eigenvalue weighted by Crippen LogP contribution is -2.46. The van der Waals surface area contributed by atoms with Crippen molar-refractivity contribution in [1.29, 1.82) is 0 Å². The van der Waals surface area contributed by atoms with Gasteiger partial charge in [-0.3, -0.25) is 0 Å². The van der Waals surface area contributed by atoms with Crippen LogP contribution in [-0.2, 0) is 0 Å². The summed E-state index contributed by atoms with van der Waals surface area (Å²) in [6.45, 7) is 5.82. The molecule has 1 fully saturated rings. The summed E-state index contributed by atoms with van der Waals surface area (Å²) in [5, 5.41) is 3.91. The Kier molecular flexibility index (Phi) is 4.33. The van der Waals surface area contributed by atoms with E-state index >= 15 is 0 Å². The van der Waals surface area contributed by atoms with Crippen LogP contribution in [0, 0.1) is 0 Å². The van der Waals surface area contributed by atoms with Gasteiger partial charge in [-0.15, -0.1) is 11.3 Å². The Labute approximate surface area is 134 Å². The molecule has 1 aliphatic rings. The van der Waals surface area contributed by atoms with Crippen LogP contribution in [0.5, 0.6) is 0 Å². The van der Waals surface area contributed by atoms with E-state index in [0.29, 0.717) is 0 Å². The summed E-state index contributed by atoms with van der Waals surface area (Å²) in [5.41, 5.74) is 8.07. The zero-order valence-corrected chi connectivity index (χ0v) is 13.6. The average molecular weight is 323 g/mol. The lowest BCUT2D eigenvalue weighted by Gasteiger charge is -2.36. The first-order chi connectivity index (χ1) is 10.1. The number of piperazine rings is 1. The molecule has 6 heteroatoms. The summed E-state index contributed by atoms with van der Waals surface area (Å²) in [7, 11) is 0. The molecular formula is C15H19ClN4S. The summed E-state index contributed by atoms with van der Waals surface area (Å²) >= 11 is 8.11. The Morgan fingerprint density at radius 1 is 1.24 bits per heavy atom. The number of nitrogens with two attached hydrogens (primary N) is 1. The van der Waals surface area contributed by atoms with Crippen molar-refractivity contribution < 1.29 is 0 Å². The van der Waals surface area contributed by atoms with Crippen LogP contribution in [0.1, 0.15) is 18.5 Å². The zero-order chi connectivity index (χ0) is 14.8. The third-order valence-electron chi connectivity index (χ3n) is 3.81. The minimum atomic E-state index is 0.0123. The fourth-order valence-electron chi connectivity index (χ4n) is 2.57. The molecular weight excluding hydrogens is 304 g/mol. The SMILES string of the molecule is C[C@H](N)c1ccc(N2CCN(c3nccs3)CC2)c(Cl)c1. The molecule has 1 aromatic carbocycles. The molecule has 0 unspecified atom stereocenters. The van der Waals surface area contributed by atoms with Crippen LogP contribution in [0.4, 0.5) is 10.8 Å². The zero-order valence-electron chi connectivity index (χ0n) is 12.0. The first-order valence-corrected chi connectivity index (χ1v) is 8.35. The molecule has 112 valence electrons. The molecule has 0 aliphatic carbocycles. The standard InChI is InChI=1S/C15H19ClN4S/c1-11(17)12-2-3-14(13(16)10-12)19-5-7-20(8-6-19)15-18-4-9-21-15/h2-4,9-11H,5-8,17H2,1H3/t11-/m0/s1. The van der Waals surface area contributed by atoms with Crippen LogP contribution < -0.4 is 15.5 Å². The fourth-order valence-corrected chi connectivity index (χ4v) is 3.58. The number of aromatic nitrogens is 1. The molecule has 3 rings (SSSR count). The molecule has 2 heterocycles. The van der Waals surface area contributed by atoms with Crippen LogP contribution in [0.25, 0.3) is 0 Å². The van der Waals surface area contributed by atoms with Gasteiger partial charge >= 0.3 is 0 Å². The lowest BCUT2D eigenvalue weighted by molar-refractivity contribution is 0.652. The Balaban J connectivity index is 1.69. The summed E-state index contributed by atoms with van der Waals surface area (Å²) in [4.78, 5) is 9.03. The Morgan fingerprint density at radius 2 is 1.95 bits per heavy atom. The monoisotopic (exact) mass is 322 g/mol. The number of anilines is 2. The number of hydrogen-bond donors (Lipinski definition) is 1. The minimum Gasteiger partial charge on any atom is -0.367 e. The molecule has 1 atom stereocenters. The molecule has 21 heavy (non-hydrogen) atoms. The molecule has 1 aliphatic heterocycles. The van der Waals surface area contributed by atoms with E-state index in [0.717, 1.165) is 47.6 Å². The molecule has 0 radical (unpaired) electrons. The van der Waals surface area contributed by atoms with Crippen LogP contribution in [0.15, 0.2) is 29.8 Å². The Bertz CT molecular complexity index is 592. The summed E-state index contributed by atoms with van der Waals surface area (Å²) in [5.74, 6) is 0. The van der Waals surface area contributed by atoms with Crippen molar-refractivity contribution in [2.75, 3.05) is 36.0 Å². The largest absolute Gasteiger partial charge is 0.367 e. The van der Waals surface area contributed by atoms with Gasteiger partial charge in [0, 0.05) is 43.8 Å². The lowest BCUT2D eigenvalue weighted by atomic mass is 10.1. The van der Waals surface area contributed by atoms with E-state index in [-0.39, 0.29) is 6.04 Å². The number of nitrogens with zero attached hydrogens (tertiary/aromatic N) is 3. The number of benzene rings is 1. The van der Waals surface area contributed by atoms with Gasteiger partial charge in [0.25, 0.3) is 0 Å². The van der Waals surface area contributed by atoms with E-state index in [1.807, 2.05) is 24.6 Å². The second kappa shape index (κ2) is 6.22. The van der Waals surface area contributed by atoms with Crippen LogP contribution in [0.2, 0.25) is 5.02 Å². The van der Waals surface area contributed by atoms with Gasteiger partial charge in [-0.1, -0.05) is 17.7 Å². The molecule has 0 bridgehead atoms. The highest BCUT2D eigenvalue weighted by Gasteiger charge is 2.20. The van der Waals surface area contributed by atoms with Gasteiger partial charge in [-0.25, -0.2) is 4.98 Å². The highest BCUT2D eigenvalue weighted by Crippen LogP contribution is 2.30. The molecule has 1 saturated heterocycles. The van der Waals surface area contributed by atoms with Crippen molar-refractivity contribution in [2.45, 2.75) is 13.0 Å². The first kappa shape index (κ1) is 14.6. The molecule has 1 aromatic heterocycles. The molecule has 2 N–H and O–H groups in total. The fraction of sp³-hybridized carbons (Fsp3) is 0.400. The first-order valence-electron chi connectivity index (χ1n) is 7.09. The number of halogens is 1. The van der Waals surface area contributed by atoms with Crippen molar-refractivity contribution in [2.24, 2.45) is 5.73 Å². The van der Waals surface area contributed by atoms with E-state index in [4.69, 9.17) is 17.3 Å². The van der Waals surface area contributed by atoms with Gasteiger partial charge in [-0.2, -0.15) is 0 Å². The highest BCUT2D eigenvalue weighted by molar-refractivity contribution is 7.13. The summed E-state index contributed by atoms with van der Waals surface area (Å²) in [6.07, 6.45) is 1.86. The van der Waals surface area contributed by atoms with Crippen LogP contribution in [-0.4, -0.2) is 31.2 Å². The van der Waals surface area contributed by atoms with Gasteiger partial charge in [0.1, 0.15) is 0 Å². The van der Waals surface area contributed by atoms with Crippen LogP contribution in [0.3, 0.4) is 0 Å². The predicted molar refractivity (Wildman–Crippen MR) is 90.6 cm³/mol. The van der Waals surface area contributed by atoms with Crippen molar-refractivity contribution in [3.05, 3.63) is 40.4 Å². The third-order valence-corrected chi connectivity index (χ3v) is 4.94. The smallest absolute Gasteiger partial charge is 0.185 e. The maximum atomic E-state index is 6.42. The third kappa shape index (κ3) is 3.15. The molecule has 0 spiro atoms. The summed E-state index contributed by atoms with van der Waals surface area (Å²) < 4.78 is 0. The molecule has 4 nitrogen and oxygen atoms in total. The number of hydrogen-bond acceptors (Lipinski definition) is 5. The second-order valence-corrected chi connectivity index (χ2v) is 6.57. The van der Waals surface area contributed by atoms with Gasteiger partial charge in [-0.05, 0) is 24.6 Å². The van der Waals surface area contributed by atoms with Gasteiger partial charge < -0.3 is 15.5 Å². The van der Waals surface area contributed by atoms with Crippen molar-refractivity contribution in [3.63, 3.8) is 0 Å². The molecule has 0 amide bonds. The topological polar surface area (TPSA) is 45.4 Å². The van der Waals surface area contributed by atoms with Crippen LogP contribution >= 0.6 is 22.9 Å². The van der Waals surface area contributed by atoms with Crippen molar-refractivity contribution in [1.82, 2.24) is 4.98 Å². The normalized spacial score (nSPS) is 17.1. The van der Waals surface area contributed by atoms with Crippen molar-refractivity contribution >= 4 is 33.8 Å². The van der Waals surface area contributed by atoms with E-state index < -0.39 is 0 Å². The van der Waals surface area contributed by atoms with E-state index in [1.54, 1.807) is 11.3 Å². The molecule has 2 aromatic rings. The Hall–Kier alpha value is -1.30. The van der Waals surface area contributed by atoms with E-state index in [2.05, 4.69) is 26.9 Å². The van der Waals surface area contributed by atoms with E-state index in [9.17, 15) is 0 Å². The van der Waals surface area contributed by atoms with Gasteiger partial charge in [0.15, 0.2) is 5.13 Å². The summed E-state index contributed by atoms with van der Waals surface area (Å²) in [6, 6.07) is 6.15.